The number of ether oxygens (including phenoxy) is 1. The largest absolute Gasteiger partial charge is 0.497 e. The quantitative estimate of drug-likeness (QED) is 0.260. The number of hydrogen-bond donors (Lipinski definition) is 3. The molecule has 7 heteroatoms. The molecule has 1 unspecified atom stereocenters. The van der Waals surface area contributed by atoms with Gasteiger partial charge in [0, 0.05) is 53.5 Å². The van der Waals surface area contributed by atoms with Crippen LogP contribution in [0.1, 0.15) is 66.6 Å². The number of pyridine rings is 1. The molecule has 182 valence electrons. The molecule has 0 saturated heterocycles. The monoisotopic (exact) mass is 472 g/mol. The number of nitrogens with two attached hydrogens (primary N) is 1. The van der Waals surface area contributed by atoms with Crippen LogP contribution >= 0.6 is 0 Å². The normalized spacial score (nSPS) is 12.1. The van der Waals surface area contributed by atoms with Crippen molar-refractivity contribution < 1.29 is 14.3 Å². The van der Waals surface area contributed by atoms with Gasteiger partial charge in [0.1, 0.15) is 11.4 Å². The van der Waals surface area contributed by atoms with E-state index in [0.29, 0.717) is 12.1 Å². The first kappa shape index (κ1) is 24.4. The van der Waals surface area contributed by atoms with Crippen LogP contribution < -0.4 is 15.8 Å². The summed E-state index contributed by atoms with van der Waals surface area (Å²) in [6.45, 7) is 2.56. The summed E-state index contributed by atoms with van der Waals surface area (Å²) in [6, 6.07) is 15.1. The summed E-state index contributed by atoms with van der Waals surface area (Å²) in [5.74, 6) is 0.547. The van der Waals surface area contributed by atoms with E-state index < -0.39 is 0 Å². The van der Waals surface area contributed by atoms with Crippen LogP contribution in [-0.4, -0.2) is 28.8 Å². The number of benzene rings is 2. The van der Waals surface area contributed by atoms with Crippen LogP contribution in [0.2, 0.25) is 0 Å². The Balaban J connectivity index is 1.41. The molecule has 4 rings (SSSR count). The van der Waals surface area contributed by atoms with E-state index in [0.717, 1.165) is 58.1 Å². The Morgan fingerprint density at radius 3 is 2.63 bits per heavy atom. The van der Waals surface area contributed by atoms with Gasteiger partial charge in [0.25, 0.3) is 0 Å². The van der Waals surface area contributed by atoms with E-state index in [2.05, 4.69) is 28.3 Å². The number of carbonyl (C=O) groups is 2. The van der Waals surface area contributed by atoms with Gasteiger partial charge >= 0.3 is 0 Å². The predicted molar refractivity (Wildman–Crippen MR) is 138 cm³/mol. The number of Topliss-reactive ketones (excluding diaryl/α,β-unsaturated/α-hetero) is 1. The number of aromatic amines is 1. The Morgan fingerprint density at radius 2 is 1.89 bits per heavy atom. The van der Waals surface area contributed by atoms with Gasteiger partial charge in [-0.3, -0.25) is 9.59 Å². The molecular formula is C28H32N4O3. The Labute approximate surface area is 205 Å². The molecule has 0 fully saturated rings. The summed E-state index contributed by atoms with van der Waals surface area (Å²) in [4.78, 5) is 33.0. The van der Waals surface area contributed by atoms with E-state index in [4.69, 9.17) is 10.5 Å². The van der Waals surface area contributed by atoms with Crippen molar-refractivity contribution in [1.82, 2.24) is 15.3 Å². The maximum atomic E-state index is 12.8. The minimum atomic E-state index is -0.155. The van der Waals surface area contributed by atoms with E-state index in [9.17, 15) is 9.59 Å². The fraction of sp³-hybridized carbons (Fsp3) is 0.321. The van der Waals surface area contributed by atoms with Crippen molar-refractivity contribution in [3.8, 4) is 5.75 Å². The Kier molecular flexibility index (Phi) is 7.77. The number of nitrogens with one attached hydrogen (secondary N) is 2. The second-order valence-corrected chi connectivity index (χ2v) is 8.85. The summed E-state index contributed by atoms with van der Waals surface area (Å²) >= 11 is 0. The van der Waals surface area contributed by atoms with Crippen LogP contribution in [0.15, 0.2) is 54.7 Å². The van der Waals surface area contributed by atoms with Crippen molar-refractivity contribution in [3.05, 3.63) is 71.4 Å². The first-order chi connectivity index (χ1) is 17.0. The molecule has 7 nitrogen and oxygen atoms in total. The zero-order valence-electron chi connectivity index (χ0n) is 20.3. The average molecular weight is 473 g/mol. The second-order valence-electron chi connectivity index (χ2n) is 8.85. The van der Waals surface area contributed by atoms with E-state index in [1.54, 1.807) is 13.2 Å². The molecule has 0 bridgehead atoms. The lowest BCUT2D eigenvalue weighted by Gasteiger charge is -2.10. The van der Waals surface area contributed by atoms with Crippen LogP contribution in [0.3, 0.4) is 0 Å². The van der Waals surface area contributed by atoms with Crippen molar-refractivity contribution in [2.45, 2.75) is 51.6 Å². The lowest BCUT2D eigenvalue weighted by atomic mass is 10.0. The van der Waals surface area contributed by atoms with E-state index in [1.165, 1.54) is 0 Å². The lowest BCUT2D eigenvalue weighted by molar-refractivity contribution is -0.121. The highest BCUT2D eigenvalue weighted by Gasteiger charge is 2.14. The number of rotatable bonds is 11. The summed E-state index contributed by atoms with van der Waals surface area (Å²) in [5, 5.41) is 4.76. The Bertz CT molecular complexity index is 1330. The fourth-order valence-corrected chi connectivity index (χ4v) is 4.16. The van der Waals surface area contributed by atoms with Gasteiger partial charge in [-0.05, 0) is 53.9 Å². The summed E-state index contributed by atoms with van der Waals surface area (Å²) in [5.41, 5.74) is 10.6. The highest BCUT2D eigenvalue weighted by molar-refractivity contribution is 6.09. The lowest BCUT2D eigenvalue weighted by Crippen LogP contribution is -2.23. The van der Waals surface area contributed by atoms with Crippen LogP contribution in [0.4, 0.5) is 0 Å². The third-order valence-corrected chi connectivity index (χ3v) is 6.32. The van der Waals surface area contributed by atoms with Gasteiger partial charge in [-0.15, -0.1) is 0 Å². The molecule has 35 heavy (non-hydrogen) atoms. The standard InChI is InChI=1S/C28H32N4O3/c1-3-4-5-24(29)20-15-23-22-14-19(8-11-25(22)32-28(23)31-17-20)26(33)12-13-27(34)30-16-18-6-9-21(35-2)10-7-18/h6-11,14-15,17,24H,3-5,12-13,16,29H2,1-2H3,(H,30,34)(H,31,32). The van der Waals surface area contributed by atoms with Crippen LogP contribution in [0, 0.1) is 0 Å². The number of hydrogen-bond acceptors (Lipinski definition) is 5. The minimum absolute atomic E-state index is 0.0574. The van der Waals surface area contributed by atoms with Crippen molar-refractivity contribution in [3.63, 3.8) is 0 Å². The first-order valence-corrected chi connectivity index (χ1v) is 12.1. The number of methoxy groups -OCH3 is 1. The number of unbranched alkanes of at least 4 members (excludes halogenated alkanes) is 1. The summed E-state index contributed by atoms with van der Waals surface area (Å²) in [6.07, 6.45) is 5.19. The van der Waals surface area contributed by atoms with Crippen molar-refractivity contribution in [2.24, 2.45) is 5.73 Å². The summed E-state index contributed by atoms with van der Waals surface area (Å²) in [7, 11) is 1.61. The molecule has 0 saturated carbocycles. The molecule has 2 aromatic heterocycles. The highest BCUT2D eigenvalue weighted by Crippen LogP contribution is 2.28. The number of nitrogens with zero attached hydrogens (tertiary/aromatic N) is 1. The molecular weight excluding hydrogens is 440 g/mol. The van der Waals surface area contributed by atoms with E-state index in [1.807, 2.05) is 42.6 Å². The summed E-state index contributed by atoms with van der Waals surface area (Å²) < 4.78 is 5.14. The number of amides is 1. The molecule has 2 heterocycles. The Hall–Kier alpha value is -3.71. The van der Waals surface area contributed by atoms with E-state index in [-0.39, 0.29) is 30.6 Å². The van der Waals surface area contributed by atoms with Crippen molar-refractivity contribution >= 4 is 33.6 Å². The van der Waals surface area contributed by atoms with Crippen LogP contribution in [0.25, 0.3) is 21.9 Å². The zero-order chi connectivity index (χ0) is 24.8. The van der Waals surface area contributed by atoms with Gasteiger partial charge in [-0.25, -0.2) is 4.98 Å². The third kappa shape index (κ3) is 5.87. The van der Waals surface area contributed by atoms with Gasteiger partial charge in [-0.2, -0.15) is 0 Å². The van der Waals surface area contributed by atoms with Gasteiger partial charge in [0.2, 0.25) is 5.91 Å². The number of carbonyl (C=O) groups excluding carboxylic acids is 2. The average Bonchev–Trinajstić information content (AvgIpc) is 3.26. The highest BCUT2D eigenvalue weighted by atomic mass is 16.5. The molecule has 1 amide bonds. The smallest absolute Gasteiger partial charge is 0.220 e. The van der Waals surface area contributed by atoms with Gasteiger partial charge in [0.05, 0.1) is 7.11 Å². The molecule has 1 atom stereocenters. The molecule has 0 aliphatic rings. The van der Waals surface area contributed by atoms with Gasteiger partial charge < -0.3 is 20.8 Å². The molecule has 4 aromatic rings. The SMILES string of the molecule is CCCCC(N)c1cnc2[nH]c3ccc(C(=O)CCC(=O)NCc4ccc(OC)cc4)cc3c2c1. The van der Waals surface area contributed by atoms with Crippen molar-refractivity contribution in [2.75, 3.05) is 7.11 Å². The van der Waals surface area contributed by atoms with Crippen LogP contribution in [-0.2, 0) is 11.3 Å². The first-order valence-electron chi connectivity index (χ1n) is 12.1. The van der Waals surface area contributed by atoms with Crippen molar-refractivity contribution in [1.29, 1.82) is 0 Å². The van der Waals surface area contributed by atoms with Gasteiger partial charge in [0.15, 0.2) is 5.78 Å². The third-order valence-electron chi connectivity index (χ3n) is 6.32. The fourth-order valence-electron chi connectivity index (χ4n) is 4.16. The maximum absolute atomic E-state index is 12.8. The van der Waals surface area contributed by atoms with Crippen LogP contribution in [0.5, 0.6) is 5.75 Å². The van der Waals surface area contributed by atoms with E-state index >= 15 is 0 Å². The number of ketones is 1. The Morgan fingerprint density at radius 1 is 1.09 bits per heavy atom. The number of aromatic nitrogens is 2. The topological polar surface area (TPSA) is 110 Å². The molecule has 0 spiro atoms. The number of H-pyrrole nitrogens is 1. The van der Waals surface area contributed by atoms with Gasteiger partial charge in [-0.1, -0.05) is 31.9 Å². The molecule has 0 aliphatic carbocycles. The zero-order valence-corrected chi connectivity index (χ0v) is 20.3. The maximum Gasteiger partial charge on any atom is 0.220 e. The number of fused-ring (bicyclic) bond motifs is 3. The molecule has 4 N–H and O–H groups in total. The predicted octanol–water partition coefficient (Wildman–Crippen LogP) is 5.19. The molecule has 2 aromatic carbocycles. The molecule has 0 radical (unpaired) electrons. The second kappa shape index (κ2) is 11.1. The minimum Gasteiger partial charge on any atom is -0.497 e. The molecule has 0 aliphatic heterocycles.